The van der Waals surface area contributed by atoms with Crippen molar-refractivity contribution in [2.75, 3.05) is 4.90 Å². The molecule has 0 atom stereocenters. The van der Waals surface area contributed by atoms with E-state index in [-0.39, 0.29) is 0 Å². The van der Waals surface area contributed by atoms with Crippen molar-refractivity contribution < 1.29 is 0 Å². The molecule has 2 aromatic rings. The summed E-state index contributed by atoms with van der Waals surface area (Å²) in [7, 11) is 0. The van der Waals surface area contributed by atoms with Gasteiger partial charge in [0.25, 0.3) is 0 Å². The van der Waals surface area contributed by atoms with Crippen molar-refractivity contribution in [2.45, 2.75) is 33.0 Å². The van der Waals surface area contributed by atoms with Gasteiger partial charge in [0.05, 0.1) is 18.4 Å². The molecule has 2 aromatic heterocycles. The SMILES string of the molecule is CC(C)N(Cc1cccs1)c1cncc(CN)n1. The highest BCUT2D eigenvalue weighted by atomic mass is 32.1. The Balaban J connectivity index is 2.23. The highest BCUT2D eigenvalue weighted by Gasteiger charge is 2.13. The summed E-state index contributed by atoms with van der Waals surface area (Å²) in [4.78, 5) is 12.3. The summed E-state index contributed by atoms with van der Waals surface area (Å²) >= 11 is 1.76. The molecule has 2 N–H and O–H groups in total. The van der Waals surface area contributed by atoms with Gasteiger partial charge in [-0.25, -0.2) is 4.98 Å². The minimum atomic E-state index is 0.370. The highest BCUT2D eigenvalue weighted by molar-refractivity contribution is 7.09. The van der Waals surface area contributed by atoms with Gasteiger partial charge in [0, 0.05) is 23.7 Å². The van der Waals surface area contributed by atoms with Gasteiger partial charge in [-0.2, -0.15) is 0 Å². The number of anilines is 1. The lowest BCUT2D eigenvalue weighted by molar-refractivity contribution is 0.672. The standard InChI is InChI=1S/C13H18N4S/c1-10(2)17(9-12-4-3-5-18-12)13-8-15-7-11(6-14)16-13/h3-5,7-8,10H,6,9,14H2,1-2H3. The van der Waals surface area contributed by atoms with Gasteiger partial charge in [-0.15, -0.1) is 11.3 Å². The quantitative estimate of drug-likeness (QED) is 0.899. The molecule has 0 radical (unpaired) electrons. The predicted octanol–water partition coefficient (Wildman–Crippen LogP) is 2.41. The number of nitrogens with two attached hydrogens (primary N) is 1. The van der Waals surface area contributed by atoms with Crippen LogP contribution in [-0.4, -0.2) is 16.0 Å². The maximum atomic E-state index is 5.61. The third kappa shape index (κ3) is 3.05. The van der Waals surface area contributed by atoms with Gasteiger partial charge in [0.15, 0.2) is 0 Å². The third-order valence-corrected chi connectivity index (χ3v) is 3.57. The molecule has 0 saturated heterocycles. The lowest BCUT2D eigenvalue weighted by Crippen LogP contribution is -2.31. The van der Waals surface area contributed by atoms with Crippen LogP contribution in [0.1, 0.15) is 24.4 Å². The first kappa shape index (κ1) is 13.0. The highest BCUT2D eigenvalue weighted by Crippen LogP contribution is 2.19. The monoisotopic (exact) mass is 262 g/mol. The van der Waals surface area contributed by atoms with Crippen molar-refractivity contribution in [1.82, 2.24) is 9.97 Å². The number of rotatable bonds is 5. The summed E-state index contributed by atoms with van der Waals surface area (Å²) in [6.45, 7) is 5.60. The van der Waals surface area contributed by atoms with E-state index in [2.05, 4.69) is 46.2 Å². The first-order chi connectivity index (χ1) is 8.70. The number of hydrogen-bond acceptors (Lipinski definition) is 5. The van der Waals surface area contributed by atoms with Crippen molar-refractivity contribution in [3.8, 4) is 0 Å². The Labute approximate surface area is 111 Å². The molecule has 0 fully saturated rings. The molecule has 0 unspecified atom stereocenters. The Hall–Kier alpha value is -1.46. The van der Waals surface area contributed by atoms with E-state index in [9.17, 15) is 0 Å². The van der Waals surface area contributed by atoms with Crippen molar-refractivity contribution in [3.63, 3.8) is 0 Å². The molecule has 0 saturated carbocycles. The molecule has 0 amide bonds. The van der Waals surface area contributed by atoms with Crippen LogP contribution >= 0.6 is 11.3 Å². The van der Waals surface area contributed by atoms with Crippen molar-refractivity contribution in [1.29, 1.82) is 0 Å². The Morgan fingerprint density at radius 3 is 2.83 bits per heavy atom. The molecule has 0 bridgehead atoms. The molecule has 5 heteroatoms. The Kier molecular flexibility index (Phi) is 4.28. The first-order valence-corrected chi connectivity index (χ1v) is 6.88. The minimum Gasteiger partial charge on any atom is -0.348 e. The van der Waals surface area contributed by atoms with Crippen LogP contribution in [0.5, 0.6) is 0 Å². The summed E-state index contributed by atoms with van der Waals surface area (Å²) in [6, 6.07) is 4.58. The van der Waals surface area contributed by atoms with Gasteiger partial charge < -0.3 is 10.6 Å². The lowest BCUT2D eigenvalue weighted by atomic mass is 10.3. The fourth-order valence-electron chi connectivity index (χ4n) is 1.73. The van der Waals surface area contributed by atoms with Crippen molar-refractivity contribution in [2.24, 2.45) is 5.73 Å². The van der Waals surface area contributed by atoms with E-state index in [1.54, 1.807) is 23.7 Å². The van der Waals surface area contributed by atoms with E-state index in [0.717, 1.165) is 18.1 Å². The summed E-state index contributed by atoms with van der Waals surface area (Å²) < 4.78 is 0. The lowest BCUT2D eigenvalue weighted by Gasteiger charge is -2.27. The fourth-order valence-corrected chi connectivity index (χ4v) is 2.43. The van der Waals surface area contributed by atoms with Gasteiger partial charge in [0.2, 0.25) is 0 Å². The number of nitrogens with zero attached hydrogens (tertiary/aromatic N) is 3. The van der Waals surface area contributed by atoms with Gasteiger partial charge in [0.1, 0.15) is 5.82 Å². The van der Waals surface area contributed by atoms with Crippen molar-refractivity contribution >= 4 is 17.2 Å². The van der Waals surface area contributed by atoms with Gasteiger partial charge >= 0.3 is 0 Å². The number of aromatic nitrogens is 2. The molecule has 0 aromatic carbocycles. The second-order valence-corrected chi connectivity index (χ2v) is 5.41. The maximum Gasteiger partial charge on any atom is 0.148 e. The Bertz CT molecular complexity index is 481. The van der Waals surface area contributed by atoms with E-state index in [1.165, 1.54) is 4.88 Å². The second kappa shape index (κ2) is 5.93. The van der Waals surface area contributed by atoms with Crippen LogP contribution in [0.2, 0.25) is 0 Å². The molecule has 18 heavy (non-hydrogen) atoms. The Morgan fingerprint density at radius 1 is 1.39 bits per heavy atom. The smallest absolute Gasteiger partial charge is 0.148 e. The molecule has 0 aliphatic carbocycles. The van der Waals surface area contributed by atoms with E-state index < -0.39 is 0 Å². The molecule has 0 aliphatic heterocycles. The van der Waals surface area contributed by atoms with Crippen LogP contribution in [0.3, 0.4) is 0 Å². The first-order valence-electron chi connectivity index (χ1n) is 6.00. The minimum absolute atomic E-state index is 0.370. The van der Waals surface area contributed by atoms with Crippen LogP contribution in [0.4, 0.5) is 5.82 Å². The zero-order valence-electron chi connectivity index (χ0n) is 10.7. The summed E-state index contributed by atoms with van der Waals surface area (Å²) in [6.07, 6.45) is 3.51. The van der Waals surface area contributed by atoms with Crippen LogP contribution in [0, 0.1) is 0 Å². The topological polar surface area (TPSA) is 55.0 Å². The van der Waals surface area contributed by atoms with Crippen LogP contribution in [-0.2, 0) is 13.1 Å². The largest absolute Gasteiger partial charge is 0.348 e. The third-order valence-electron chi connectivity index (χ3n) is 2.70. The average Bonchev–Trinajstić information content (AvgIpc) is 2.88. The summed E-state index contributed by atoms with van der Waals surface area (Å²) in [5.74, 6) is 0.890. The molecule has 0 aliphatic rings. The number of thiophene rings is 1. The van der Waals surface area contributed by atoms with E-state index in [0.29, 0.717) is 12.6 Å². The molecule has 2 rings (SSSR count). The zero-order valence-corrected chi connectivity index (χ0v) is 11.5. The van der Waals surface area contributed by atoms with Crippen LogP contribution < -0.4 is 10.6 Å². The predicted molar refractivity (Wildman–Crippen MR) is 75.6 cm³/mol. The molecular formula is C13H18N4S. The maximum absolute atomic E-state index is 5.61. The zero-order chi connectivity index (χ0) is 13.0. The molecule has 0 spiro atoms. The molecular weight excluding hydrogens is 244 g/mol. The van der Waals surface area contributed by atoms with Gasteiger partial charge in [-0.05, 0) is 25.3 Å². The van der Waals surface area contributed by atoms with Gasteiger partial charge in [-0.3, -0.25) is 4.98 Å². The normalized spacial score (nSPS) is 10.9. The second-order valence-electron chi connectivity index (χ2n) is 4.37. The summed E-state index contributed by atoms with van der Waals surface area (Å²) in [5.41, 5.74) is 6.44. The van der Waals surface area contributed by atoms with Crippen molar-refractivity contribution in [3.05, 3.63) is 40.5 Å². The number of hydrogen-bond donors (Lipinski definition) is 1. The van der Waals surface area contributed by atoms with Crippen LogP contribution in [0.25, 0.3) is 0 Å². The molecule has 2 heterocycles. The van der Waals surface area contributed by atoms with E-state index >= 15 is 0 Å². The molecule has 96 valence electrons. The summed E-state index contributed by atoms with van der Waals surface area (Å²) in [5, 5.41) is 2.09. The average molecular weight is 262 g/mol. The Morgan fingerprint density at radius 2 is 2.22 bits per heavy atom. The van der Waals surface area contributed by atoms with Gasteiger partial charge in [-0.1, -0.05) is 6.07 Å². The van der Waals surface area contributed by atoms with E-state index in [1.807, 2.05) is 0 Å². The van der Waals surface area contributed by atoms with Crippen LogP contribution in [0.15, 0.2) is 29.9 Å². The fraction of sp³-hybridized carbons (Fsp3) is 0.385. The van der Waals surface area contributed by atoms with E-state index in [4.69, 9.17) is 5.73 Å². The molecule has 4 nitrogen and oxygen atoms in total.